The van der Waals surface area contributed by atoms with Crippen molar-refractivity contribution in [3.8, 4) is 0 Å². The van der Waals surface area contributed by atoms with Crippen LogP contribution in [-0.4, -0.2) is 101 Å². The first-order chi connectivity index (χ1) is 21.2. The fraction of sp³-hybridized carbons (Fsp3) is 0.600. The van der Waals surface area contributed by atoms with E-state index in [-0.39, 0.29) is 24.9 Å². The fourth-order valence-corrected chi connectivity index (χ4v) is 4.13. The maximum atomic E-state index is 13.1. The summed E-state index contributed by atoms with van der Waals surface area (Å²) < 4.78 is 5.02. The highest BCUT2D eigenvalue weighted by Crippen LogP contribution is 2.09. The lowest BCUT2D eigenvalue weighted by Crippen LogP contribution is -2.62. The largest absolute Gasteiger partial charge is 0.445 e. The Hall–Kier alpha value is -4.08. The van der Waals surface area contributed by atoms with Crippen molar-refractivity contribution in [1.82, 2.24) is 26.6 Å². The Morgan fingerprint density at radius 2 is 1.22 bits per heavy atom. The average Bonchev–Trinajstić information content (AvgIpc) is 2.98. The number of aliphatic hydroxyl groups excluding tert-OH is 3. The molecule has 0 fully saturated rings. The van der Waals surface area contributed by atoms with Gasteiger partial charge < -0.3 is 51.4 Å². The predicted molar refractivity (Wildman–Crippen MR) is 162 cm³/mol. The zero-order chi connectivity index (χ0) is 34.1. The number of carbonyl (C=O) groups is 6. The standard InChI is InChI=1S/C30H47N5O10/c1-17(2)11-21(13-36)31-26(40)22(12-18(3)4)32-29(43)25(19(5)39)35-28(42)23(14-37)33-27(41)24(15-38)34-30(44)45-16-20-9-7-6-8-10-20/h6-10,13,17-19,21-25,37-39H,11-12,14-16H2,1-5H3,(H,31,40)(H,32,43)(H,33,41)(H,34,44)(H,35,42)/t19-,21+,22+,23+,24+,25+/m1/s1. The second-order valence-corrected chi connectivity index (χ2v) is 11.5. The zero-order valence-corrected chi connectivity index (χ0v) is 26.3. The second-order valence-electron chi connectivity index (χ2n) is 11.5. The molecular weight excluding hydrogens is 590 g/mol. The third kappa shape index (κ3) is 14.5. The average molecular weight is 638 g/mol. The minimum atomic E-state index is -1.65. The molecule has 0 aromatic heterocycles. The smallest absolute Gasteiger partial charge is 0.408 e. The number of carbonyl (C=O) groups excluding carboxylic acids is 6. The van der Waals surface area contributed by atoms with Crippen LogP contribution < -0.4 is 26.6 Å². The van der Waals surface area contributed by atoms with Gasteiger partial charge in [-0.25, -0.2) is 4.79 Å². The van der Waals surface area contributed by atoms with Gasteiger partial charge in [0.1, 0.15) is 37.1 Å². The number of aliphatic hydroxyl groups is 3. The monoisotopic (exact) mass is 637 g/mol. The molecule has 252 valence electrons. The number of amides is 5. The Morgan fingerprint density at radius 3 is 1.73 bits per heavy atom. The fourth-order valence-electron chi connectivity index (χ4n) is 4.13. The van der Waals surface area contributed by atoms with Crippen molar-refractivity contribution < 1.29 is 48.8 Å². The van der Waals surface area contributed by atoms with Crippen LogP contribution in [0.15, 0.2) is 30.3 Å². The van der Waals surface area contributed by atoms with Gasteiger partial charge in [-0.05, 0) is 37.2 Å². The second kappa shape index (κ2) is 20.0. The molecule has 5 amide bonds. The molecule has 1 rings (SSSR count). The van der Waals surface area contributed by atoms with E-state index < -0.39 is 79.2 Å². The van der Waals surface area contributed by atoms with E-state index in [4.69, 9.17) is 4.74 Å². The molecule has 6 atom stereocenters. The number of rotatable bonds is 19. The summed E-state index contributed by atoms with van der Waals surface area (Å²) in [5, 5.41) is 41.3. The van der Waals surface area contributed by atoms with Gasteiger partial charge in [-0.15, -0.1) is 0 Å². The predicted octanol–water partition coefficient (Wildman–Crippen LogP) is -1.12. The van der Waals surface area contributed by atoms with E-state index in [1.165, 1.54) is 6.92 Å². The summed E-state index contributed by atoms with van der Waals surface area (Å²) >= 11 is 0. The van der Waals surface area contributed by atoms with Gasteiger partial charge in [0.05, 0.1) is 25.4 Å². The molecule has 0 unspecified atom stereocenters. The van der Waals surface area contributed by atoms with Crippen molar-refractivity contribution in [2.45, 2.75) is 90.4 Å². The molecule has 0 bridgehead atoms. The van der Waals surface area contributed by atoms with Gasteiger partial charge in [0, 0.05) is 0 Å². The molecule has 45 heavy (non-hydrogen) atoms. The summed E-state index contributed by atoms with van der Waals surface area (Å²) in [6.45, 7) is 6.70. The Balaban J connectivity index is 2.88. The molecule has 0 saturated carbocycles. The molecule has 0 aliphatic rings. The maximum Gasteiger partial charge on any atom is 0.408 e. The van der Waals surface area contributed by atoms with Gasteiger partial charge >= 0.3 is 6.09 Å². The molecule has 0 aliphatic heterocycles. The van der Waals surface area contributed by atoms with E-state index in [0.717, 1.165) is 0 Å². The van der Waals surface area contributed by atoms with Gasteiger partial charge in [-0.2, -0.15) is 0 Å². The third-order valence-electron chi connectivity index (χ3n) is 6.44. The molecule has 1 aromatic carbocycles. The van der Waals surface area contributed by atoms with Crippen molar-refractivity contribution >= 4 is 36.0 Å². The van der Waals surface area contributed by atoms with Gasteiger partial charge in [0.2, 0.25) is 23.6 Å². The SMILES string of the molecule is CC(C)C[C@@H](C=O)NC(=O)[C@H](CC(C)C)NC(=O)[C@@H](NC(=O)[C@H](CO)NC(=O)[C@H](CO)NC(=O)OCc1ccccc1)[C@@H](C)O. The number of ether oxygens (including phenoxy) is 1. The number of benzene rings is 1. The lowest BCUT2D eigenvalue weighted by atomic mass is 10.0. The van der Waals surface area contributed by atoms with Gasteiger partial charge in [0.25, 0.3) is 0 Å². The van der Waals surface area contributed by atoms with E-state index in [0.29, 0.717) is 18.3 Å². The molecule has 0 radical (unpaired) electrons. The first kappa shape index (κ1) is 38.9. The van der Waals surface area contributed by atoms with E-state index >= 15 is 0 Å². The van der Waals surface area contributed by atoms with Crippen LogP contribution in [0.2, 0.25) is 0 Å². The quantitative estimate of drug-likeness (QED) is 0.0851. The number of hydrogen-bond acceptors (Lipinski definition) is 10. The van der Waals surface area contributed by atoms with Crippen molar-refractivity contribution in [2.24, 2.45) is 11.8 Å². The van der Waals surface area contributed by atoms with Gasteiger partial charge in [-0.1, -0.05) is 58.0 Å². The van der Waals surface area contributed by atoms with Crippen molar-refractivity contribution in [3.05, 3.63) is 35.9 Å². The highest BCUT2D eigenvalue weighted by molar-refractivity contribution is 5.95. The highest BCUT2D eigenvalue weighted by atomic mass is 16.5. The summed E-state index contributed by atoms with van der Waals surface area (Å²) in [5.41, 5.74) is 0.679. The molecule has 1 aromatic rings. The molecule has 8 N–H and O–H groups in total. The maximum absolute atomic E-state index is 13.1. The topological polar surface area (TPSA) is 232 Å². The van der Waals surface area contributed by atoms with Crippen LogP contribution in [-0.2, 0) is 35.3 Å². The van der Waals surface area contributed by atoms with E-state index in [2.05, 4.69) is 26.6 Å². The van der Waals surface area contributed by atoms with E-state index in [1.54, 1.807) is 30.3 Å². The molecule has 15 nitrogen and oxygen atoms in total. The van der Waals surface area contributed by atoms with Crippen LogP contribution in [0.5, 0.6) is 0 Å². The summed E-state index contributed by atoms with van der Waals surface area (Å²) in [5.74, 6) is -3.59. The molecule has 0 spiro atoms. The van der Waals surface area contributed by atoms with Crippen LogP contribution in [0.4, 0.5) is 4.79 Å². The summed E-state index contributed by atoms with van der Waals surface area (Å²) in [6.07, 6.45) is -1.31. The Morgan fingerprint density at radius 1 is 0.711 bits per heavy atom. The Labute approximate surface area is 262 Å². The van der Waals surface area contributed by atoms with Gasteiger partial charge in [0.15, 0.2) is 0 Å². The Kier molecular flexibility index (Phi) is 17.4. The van der Waals surface area contributed by atoms with Crippen molar-refractivity contribution in [3.63, 3.8) is 0 Å². The first-order valence-corrected chi connectivity index (χ1v) is 14.8. The Bertz CT molecular complexity index is 1120. The minimum Gasteiger partial charge on any atom is -0.445 e. The number of alkyl carbamates (subject to hydrolysis) is 1. The van der Waals surface area contributed by atoms with E-state index in [9.17, 15) is 44.1 Å². The lowest BCUT2D eigenvalue weighted by molar-refractivity contribution is -0.137. The van der Waals surface area contributed by atoms with Gasteiger partial charge in [-0.3, -0.25) is 19.2 Å². The molecular formula is C30H47N5O10. The van der Waals surface area contributed by atoms with Crippen LogP contribution in [0, 0.1) is 11.8 Å². The number of nitrogens with one attached hydrogen (secondary N) is 5. The van der Waals surface area contributed by atoms with Crippen LogP contribution in [0.25, 0.3) is 0 Å². The van der Waals surface area contributed by atoms with Crippen LogP contribution >= 0.6 is 0 Å². The summed E-state index contributed by atoms with van der Waals surface area (Å²) in [6, 6.07) is 2.01. The normalized spacial score (nSPS) is 15.1. The number of hydrogen-bond donors (Lipinski definition) is 8. The summed E-state index contributed by atoms with van der Waals surface area (Å²) in [7, 11) is 0. The zero-order valence-electron chi connectivity index (χ0n) is 26.3. The van der Waals surface area contributed by atoms with Crippen molar-refractivity contribution in [1.29, 1.82) is 0 Å². The van der Waals surface area contributed by atoms with Crippen LogP contribution in [0.3, 0.4) is 0 Å². The molecule has 0 saturated heterocycles. The summed E-state index contributed by atoms with van der Waals surface area (Å²) in [4.78, 5) is 75.3. The third-order valence-corrected chi connectivity index (χ3v) is 6.44. The molecule has 0 heterocycles. The van der Waals surface area contributed by atoms with Crippen LogP contribution in [0.1, 0.15) is 53.0 Å². The number of aldehydes is 1. The minimum absolute atomic E-state index is 0.0573. The van der Waals surface area contributed by atoms with E-state index in [1.807, 2.05) is 27.7 Å². The first-order valence-electron chi connectivity index (χ1n) is 14.8. The molecule has 0 aliphatic carbocycles. The molecule has 15 heteroatoms. The highest BCUT2D eigenvalue weighted by Gasteiger charge is 2.34. The lowest BCUT2D eigenvalue weighted by Gasteiger charge is -2.28. The van der Waals surface area contributed by atoms with Crippen molar-refractivity contribution in [2.75, 3.05) is 13.2 Å².